The van der Waals surface area contributed by atoms with Crippen molar-refractivity contribution in [2.24, 2.45) is 0 Å². The molecule has 1 N–H and O–H groups in total. The van der Waals surface area contributed by atoms with Crippen molar-refractivity contribution in [3.05, 3.63) is 29.8 Å². The molecule has 1 aromatic rings. The molecule has 0 spiro atoms. The molecule has 102 valence electrons. The van der Waals surface area contributed by atoms with E-state index in [-0.39, 0.29) is 17.4 Å². The van der Waals surface area contributed by atoms with Crippen molar-refractivity contribution in [1.29, 1.82) is 0 Å². The predicted molar refractivity (Wildman–Crippen MR) is 78.3 cm³/mol. The SMILES string of the molecule is CC(C)(C)c1ccc(NC(=O)N2CSCC2=O)cc1. The second-order valence-corrected chi connectivity index (χ2v) is 6.51. The largest absolute Gasteiger partial charge is 0.329 e. The lowest BCUT2D eigenvalue weighted by atomic mass is 9.87. The van der Waals surface area contributed by atoms with Crippen molar-refractivity contribution < 1.29 is 9.59 Å². The highest BCUT2D eigenvalue weighted by molar-refractivity contribution is 8.00. The van der Waals surface area contributed by atoms with Gasteiger partial charge in [-0.15, -0.1) is 11.8 Å². The van der Waals surface area contributed by atoms with Gasteiger partial charge in [0, 0.05) is 5.69 Å². The van der Waals surface area contributed by atoms with E-state index in [1.165, 1.54) is 22.2 Å². The van der Waals surface area contributed by atoms with Gasteiger partial charge in [-0.25, -0.2) is 4.79 Å². The van der Waals surface area contributed by atoms with Crippen LogP contribution in [0.2, 0.25) is 0 Å². The maximum absolute atomic E-state index is 11.9. The summed E-state index contributed by atoms with van der Waals surface area (Å²) in [5.41, 5.74) is 2.00. The zero-order chi connectivity index (χ0) is 14.0. The van der Waals surface area contributed by atoms with E-state index in [1.54, 1.807) is 0 Å². The minimum Gasteiger partial charge on any atom is -0.307 e. The van der Waals surface area contributed by atoms with Crippen LogP contribution >= 0.6 is 11.8 Å². The van der Waals surface area contributed by atoms with Gasteiger partial charge in [0.05, 0.1) is 11.6 Å². The number of urea groups is 1. The molecule has 0 atom stereocenters. The Morgan fingerprint density at radius 2 is 1.89 bits per heavy atom. The van der Waals surface area contributed by atoms with Gasteiger partial charge in [0.25, 0.3) is 0 Å². The van der Waals surface area contributed by atoms with Crippen molar-refractivity contribution in [1.82, 2.24) is 4.90 Å². The third kappa shape index (κ3) is 3.29. The number of rotatable bonds is 1. The average molecular weight is 278 g/mol. The van der Waals surface area contributed by atoms with E-state index >= 15 is 0 Å². The number of nitrogens with one attached hydrogen (secondary N) is 1. The molecule has 1 aromatic carbocycles. The Bertz CT molecular complexity index is 491. The number of hydrogen-bond donors (Lipinski definition) is 1. The Balaban J connectivity index is 2.04. The van der Waals surface area contributed by atoms with Gasteiger partial charge in [-0.1, -0.05) is 32.9 Å². The maximum atomic E-state index is 11.9. The molecule has 5 heteroatoms. The molecule has 0 radical (unpaired) electrons. The van der Waals surface area contributed by atoms with Crippen LogP contribution in [-0.4, -0.2) is 28.5 Å². The van der Waals surface area contributed by atoms with E-state index in [9.17, 15) is 9.59 Å². The minimum atomic E-state index is -0.349. The fourth-order valence-electron chi connectivity index (χ4n) is 1.79. The van der Waals surface area contributed by atoms with Crippen molar-refractivity contribution in [3.8, 4) is 0 Å². The van der Waals surface area contributed by atoms with Gasteiger partial charge in [0.2, 0.25) is 5.91 Å². The fourth-order valence-corrected chi connectivity index (χ4v) is 2.66. The van der Waals surface area contributed by atoms with Crippen LogP contribution in [0.15, 0.2) is 24.3 Å². The van der Waals surface area contributed by atoms with E-state index in [0.717, 1.165) is 0 Å². The summed E-state index contributed by atoms with van der Waals surface area (Å²) in [6.45, 7) is 6.42. The molecule has 19 heavy (non-hydrogen) atoms. The topological polar surface area (TPSA) is 49.4 Å². The molecule has 4 nitrogen and oxygen atoms in total. The first kappa shape index (κ1) is 13.9. The number of carbonyl (C=O) groups excluding carboxylic acids is 2. The smallest absolute Gasteiger partial charge is 0.307 e. The molecule has 1 aliphatic heterocycles. The normalized spacial score (nSPS) is 15.7. The molecule has 0 unspecified atom stereocenters. The Labute approximate surface area is 117 Å². The quantitative estimate of drug-likeness (QED) is 0.859. The molecule has 1 aliphatic rings. The highest BCUT2D eigenvalue weighted by atomic mass is 32.2. The molecule has 2 rings (SSSR count). The number of thioether (sulfide) groups is 1. The lowest BCUT2D eigenvalue weighted by Gasteiger charge is -2.19. The molecule has 0 bridgehead atoms. The third-order valence-corrected chi connectivity index (χ3v) is 3.89. The number of hydrogen-bond acceptors (Lipinski definition) is 3. The second kappa shape index (κ2) is 5.25. The molecule has 1 fully saturated rings. The fraction of sp³-hybridized carbons (Fsp3) is 0.429. The molecule has 0 aliphatic carbocycles. The molecule has 1 saturated heterocycles. The molecule has 0 aromatic heterocycles. The van der Waals surface area contributed by atoms with Crippen LogP contribution in [0.25, 0.3) is 0 Å². The van der Waals surface area contributed by atoms with Crippen molar-refractivity contribution in [2.75, 3.05) is 16.9 Å². The van der Waals surface area contributed by atoms with Crippen LogP contribution in [-0.2, 0) is 10.2 Å². The number of anilines is 1. The first-order valence-corrected chi connectivity index (χ1v) is 7.33. The number of imide groups is 1. The Kier molecular flexibility index (Phi) is 3.85. The lowest BCUT2D eigenvalue weighted by molar-refractivity contribution is -0.123. The number of benzene rings is 1. The van der Waals surface area contributed by atoms with E-state index in [4.69, 9.17) is 0 Å². The minimum absolute atomic E-state index is 0.0874. The number of nitrogens with zero attached hydrogens (tertiary/aromatic N) is 1. The van der Waals surface area contributed by atoms with Crippen LogP contribution in [0.4, 0.5) is 10.5 Å². The predicted octanol–water partition coefficient (Wildman–Crippen LogP) is 3.05. The van der Waals surface area contributed by atoms with Gasteiger partial charge in [0.1, 0.15) is 0 Å². The molecular formula is C14H18N2O2S. The van der Waals surface area contributed by atoms with Gasteiger partial charge in [-0.05, 0) is 23.1 Å². The summed E-state index contributed by atoms with van der Waals surface area (Å²) >= 11 is 1.45. The van der Waals surface area contributed by atoms with Crippen LogP contribution in [0, 0.1) is 0 Å². The van der Waals surface area contributed by atoms with E-state index in [1.807, 2.05) is 24.3 Å². The second-order valence-electron chi connectivity index (χ2n) is 5.56. The monoisotopic (exact) mass is 278 g/mol. The van der Waals surface area contributed by atoms with Gasteiger partial charge in [-0.2, -0.15) is 0 Å². The van der Waals surface area contributed by atoms with Crippen LogP contribution in [0.5, 0.6) is 0 Å². The highest BCUT2D eigenvalue weighted by Gasteiger charge is 2.26. The summed E-state index contributed by atoms with van der Waals surface area (Å²) in [6.07, 6.45) is 0. The van der Waals surface area contributed by atoms with E-state index in [2.05, 4.69) is 26.1 Å². The standard InChI is InChI=1S/C14H18N2O2S/c1-14(2,3)10-4-6-11(7-5-10)15-13(18)16-9-19-8-12(16)17/h4-7H,8-9H2,1-3H3,(H,15,18). The van der Waals surface area contributed by atoms with Crippen LogP contribution in [0.1, 0.15) is 26.3 Å². The zero-order valence-electron chi connectivity index (χ0n) is 11.4. The van der Waals surface area contributed by atoms with Gasteiger partial charge < -0.3 is 5.32 Å². The molecular weight excluding hydrogens is 260 g/mol. The Morgan fingerprint density at radius 3 is 2.37 bits per heavy atom. The summed E-state index contributed by atoms with van der Waals surface area (Å²) < 4.78 is 0. The molecule has 0 saturated carbocycles. The first-order chi connectivity index (χ1) is 8.88. The Hall–Kier alpha value is -1.49. The van der Waals surface area contributed by atoms with E-state index in [0.29, 0.717) is 17.3 Å². The van der Waals surface area contributed by atoms with Gasteiger partial charge in [0.15, 0.2) is 0 Å². The Morgan fingerprint density at radius 1 is 1.26 bits per heavy atom. The lowest BCUT2D eigenvalue weighted by Crippen LogP contribution is -2.36. The van der Waals surface area contributed by atoms with Gasteiger partial charge in [-0.3, -0.25) is 9.69 Å². The summed E-state index contributed by atoms with van der Waals surface area (Å²) in [6, 6.07) is 7.38. The van der Waals surface area contributed by atoms with Crippen molar-refractivity contribution in [2.45, 2.75) is 26.2 Å². The first-order valence-electron chi connectivity index (χ1n) is 6.17. The van der Waals surface area contributed by atoms with Gasteiger partial charge >= 0.3 is 6.03 Å². The third-order valence-electron chi connectivity index (χ3n) is 2.99. The average Bonchev–Trinajstić information content (AvgIpc) is 2.75. The summed E-state index contributed by atoms with van der Waals surface area (Å²) in [5, 5.41) is 2.75. The maximum Gasteiger partial charge on any atom is 0.329 e. The van der Waals surface area contributed by atoms with E-state index < -0.39 is 0 Å². The molecule has 1 heterocycles. The zero-order valence-corrected chi connectivity index (χ0v) is 12.2. The van der Waals surface area contributed by atoms with Crippen LogP contribution < -0.4 is 5.32 Å². The summed E-state index contributed by atoms with van der Waals surface area (Å²) in [5.74, 6) is 0.690. The molecule has 3 amide bonds. The van der Waals surface area contributed by atoms with Crippen LogP contribution in [0.3, 0.4) is 0 Å². The summed E-state index contributed by atoms with van der Waals surface area (Å²) in [7, 11) is 0. The number of amides is 3. The number of carbonyl (C=O) groups is 2. The van der Waals surface area contributed by atoms with Crippen molar-refractivity contribution in [3.63, 3.8) is 0 Å². The highest BCUT2D eigenvalue weighted by Crippen LogP contribution is 2.24. The summed E-state index contributed by atoms with van der Waals surface area (Å²) in [4.78, 5) is 24.6. The van der Waals surface area contributed by atoms with Crippen molar-refractivity contribution >= 4 is 29.4 Å².